The summed E-state index contributed by atoms with van der Waals surface area (Å²) in [6, 6.07) is 4.90. The Hall–Kier alpha value is -2.19. The Balaban J connectivity index is 0.00000261. The topological polar surface area (TPSA) is 105 Å². The number of carbonyl (C=O) groups is 3. The van der Waals surface area contributed by atoms with Crippen LogP contribution in [-0.4, -0.2) is 41.4 Å². The lowest BCUT2D eigenvalue weighted by molar-refractivity contribution is -0.135. The molecule has 1 heterocycles. The number of hydrogen-bond acceptors (Lipinski definition) is 4. The first-order valence-electron chi connectivity index (χ1n) is 8.74. The lowest BCUT2D eigenvalue weighted by atomic mass is 9.91. The number of halogens is 2. The van der Waals surface area contributed by atoms with Crippen LogP contribution in [0.3, 0.4) is 0 Å². The molecule has 27 heavy (non-hydrogen) atoms. The molecule has 4 N–H and O–H groups in total. The van der Waals surface area contributed by atoms with E-state index in [1.807, 2.05) is 0 Å². The molecule has 1 saturated heterocycles. The fourth-order valence-electron chi connectivity index (χ4n) is 3.50. The highest BCUT2D eigenvalue weighted by atomic mass is 35.5. The van der Waals surface area contributed by atoms with Crippen LogP contribution >= 0.6 is 12.4 Å². The van der Waals surface area contributed by atoms with E-state index in [0.29, 0.717) is 5.56 Å². The highest BCUT2D eigenvalue weighted by molar-refractivity contribution is 6.09. The van der Waals surface area contributed by atoms with Crippen molar-refractivity contribution in [2.45, 2.75) is 50.2 Å². The van der Waals surface area contributed by atoms with Crippen LogP contribution in [0.15, 0.2) is 24.3 Å². The van der Waals surface area contributed by atoms with Gasteiger partial charge in [-0.15, -0.1) is 12.4 Å². The minimum Gasteiger partial charge on any atom is -0.352 e. The highest BCUT2D eigenvalue weighted by Crippen LogP contribution is 2.28. The molecule has 2 fully saturated rings. The van der Waals surface area contributed by atoms with Crippen molar-refractivity contribution in [2.24, 2.45) is 5.73 Å². The second-order valence-corrected chi connectivity index (χ2v) is 7.13. The van der Waals surface area contributed by atoms with Crippen molar-refractivity contribution in [3.05, 3.63) is 35.6 Å². The molecule has 148 valence electrons. The first-order valence-corrected chi connectivity index (χ1v) is 8.74. The van der Waals surface area contributed by atoms with Gasteiger partial charge in [-0.3, -0.25) is 14.5 Å². The number of hydrogen-bond donors (Lipinski definition) is 3. The molecule has 7 nitrogen and oxygen atoms in total. The summed E-state index contributed by atoms with van der Waals surface area (Å²) in [4.78, 5) is 38.1. The lowest BCUT2D eigenvalue weighted by Gasteiger charge is -2.27. The number of imide groups is 1. The first-order chi connectivity index (χ1) is 12.3. The molecular weight excluding hydrogens is 375 g/mol. The monoisotopic (exact) mass is 398 g/mol. The van der Waals surface area contributed by atoms with Gasteiger partial charge in [0.2, 0.25) is 5.91 Å². The minimum absolute atomic E-state index is 0. The maximum Gasteiger partial charge on any atom is 0.325 e. The van der Waals surface area contributed by atoms with E-state index < -0.39 is 23.3 Å². The van der Waals surface area contributed by atoms with Crippen molar-refractivity contribution in [3.63, 3.8) is 0 Å². The Morgan fingerprint density at radius 3 is 2.44 bits per heavy atom. The van der Waals surface area contributed by atoms with Gasteiger partial charge in [0.1, 0.15) is 17.9 Å². The average Bonchev–Trinajstić information content (AvgIpc) is 2.82. The van der Waals surface area contributed by atoms with Gasteiger partial charge < -0.3 is 16.4 Å². The average molecular weight is 399 g/mol. The zero-order valence-electron chi connectivity index (χ0n) is 15.0. The molecule has 1 atom stereocenters. The molecule has 1 aromatic carbocycles. The minimum atomic E-state index is -1.32. The van der Waals surface area contributed by atoms with Gasteiger partial charge in [0.05, 0.1) is 0 Å². The van der Waals surface area contributed by atoms with E-state index in [1.54, 1.807) is 6.92 Å². The summed E-state index contributed by atoms with van der Waals surface area (Å²) in [5, 5.41) is 5.46. The first kappa shape index (κ1) is 21.1. The summed E-state index contributed by atoms with van der Waals surface area (Å²) in [5.41, 5.74) is 4.99. The highest BCUT2D eigenvalue weighted by Gasteiger charge is 2.49. The summed E-state index contributed by atoms with van der Waals surface area (Å²) in [6.07, 6.45) is 3.27. The van der Waals surface area contributed by atoms with E-state index in [9.17, 15) is 18.8 Å². The van der Waals surface area contributed by atoms with Crippen molar-refractivity contribution in [2.75, 3.05) is 6.54 Å². The van der Waals surface area contributed by atoms with Crippen LogP contribution in [0.25, 0.3) is 0 Å². The third-order valence-electron chi connectivity index (χ3n) is 5.14. The van der Waals surface area contributed by atoms with Gasteiger partial charge in [0.25, 0.3) is 5.91 Å². The Kier molecular flexibility index (Phi) is 6.43. The van der Waals surface area contributed by atoms with E-state index in [0.717, 1.165) is 30.6 Å². The Morgan fingerprint density at radius 1 is 1.26 bits per heavy atom. The van der Waals surface area contributed by atoms with Crippen LogP contribution < -0.4 is 16.4 Å². The molecule has 3 rings (SSSR count). The Labute approximate surface area is 163 Å². The van der Waals surface area contributed by atoms with Crippen molar-refractivity contribution >= 4 is 30.3 Å². The van der Waals surface area contributed by atoms with Gasteiger partial charge in [-0.1, -0.05) is 12.1 Å². The molecule has 0 aromatic heterocycles. The molecule has 1 saturated carbocycles. The molecule has 1 aliphatic carbocycles. The standard InChI is InChI=1S/C18H23FN4O3.ClH/c1-18(11-2-4-12(19)5-3-11)16(25)23(17(26)22-18)10-15(24)21-14-8-6-13(20)7-9-14;/h2-5,13-14H,6-10,20H2,1H3,(H,21,24)(H,22,26);1H. The summed E-state index contributed by atoms with van der Waals surface area (Å²) in [6.45, 7) is 1.20. The second kappa shape index (κ2) is 8.22. The van der Waals surface area contributed by atoms with Gasteiger partial charge >= 0.3 is 6.03 Å². The number of nitrogens with zero attached hydrogens (tertiary/aromatic N) is 1. The van der Waals surface area contributed by atoms with Crippen LogP contribution in [0, 0.1) is 5.82 Å². The summed E-state index contributed by atoms with van der Waals surface area (Å²) in [7, 11) is 0. The number of urea groups is 1. The SMILES string of the molecule is CC1(c2ccc(F)cc2)NC(=O)N(CC(=O)NC2CCC(N)CC2)C1=O.Cl. The molecule has 0 bridgehead atoms. The maximum absolute atomic E-state index is 13.1. The van der Waals surface area contributed by atoms with Gasteiger partial charge in [-0.05, 0) is 50.3 Å². The number of benzene rings is 1. The zero-order chi connectivity index (χ0) is 18.9. The molecule has 2 aliphatic rings. The van der Waals surface area contributed by atoms with Crippen molar-refractivity contribution in [3.8, 4) is 0 Å². The number of carbonyl (C=O) groups excluding carboxylic acids is 3. The zero-order valence-corrected chi connectivity index (χ0v) is 15.9. The van der Waals surface area contributed by atoms with E-state index in [2.05, 4.69) is 10.6 Å². The van der Waals surface area contributed by atoms with Crippen LogP contribution in [0.4, 0.5) is 9.18 Å². The fourth-order valence-corrected chi connectivity index (χ4v) is 3.50. The van der Waals surface area contributed by atoms with Crippen LogP contribution in [0.2, 0.25) is 0 Å². The maximum atomic E-state index is 13.1. The number of nitrogens with two attached hydrogens (primary N) is 1. The quantitative estimate of drug-likeness (QED) is 0.667. The summed E-state index contributed by atoms with van der Waals surface area (Å²) >= 11 is 0. The normalized spacial score (nSPS) is 27.7. The van der Waals surface area contributed by atoms with Gasteiger partial charge in [0.15, 0.2) is 0 Å². The summed E-state index contributed by atoms with van der Waals surface area (Å²) in [5.74, 6) is -1.34. The van der Waals surface area contributed by atoms with Crippen LogP contribution in [0.1, 0.15) is 38.2 Å². The molecule has 0 radical (unpaired) electrons. The predicted molar refractivity (Wildman–Crippen MR) is 99.6 cm³/mol. The smallest absolute Gasteiger partial charge is 0.325 e. The van der Waals surface area contributed by atoms with E-state index in [4.69, 9.17) is 5.73 Å². The third-order valence-corrected chi connectivity index (χ3v) is 5.14. The number of amides is 4. The van der Waals surface area contributed by atoms with Gasteiger partial charge in [-0.2, -0.15) is 0 Å². The molecule has 1 aromatic rings. The van der Waals surface area contributed by atoms with E-state index >= 15 is 0 Å². The Bertz CT molecular complexity index is 722. The number of rotatable bonds is 4. The van der Waals surface area contributed by atoms with E-state index in [1.165, 1.54) is 24.3 Å². The molecule has 4 amide bonds. The number of nitrogens with one attached hydrogen (secondary N) is 2. The Morgan fingerprint density at radius 2 is 1.85 bits per heavy atom. The largest absolute Gasteiger partial charge is 0.352 e. The molecule has 9 heteroatoms. The van der Waals surface area contributed by atoms with E-state index in [-0.39, 0.29) is 36.9 Å². The molecule has 0 spiro atoms. The fraction of sp³-hybridized carbons (Fsp3) is 0.500. The van der Waals surface area contributed by atoms with Crippen LogP contribution in [0.5, 0.6) is 0 Å². The third kappa shape index (κ3) is 4.39. The van der Waals surface area contributed by atoms with Gasteiger partial charge in [-0.25, -0.2) is 9.18 Å². The van der Waals surface area contributed by atoms with Gasteiger partial charge in [0, 0.05) is 12.1 Å². The van der Waals surface area contributed by atoms with Crippen molar-refractivity contribution in [1.82, 2.24) is 15.5 Å². The van der Waals surface area contributed by atoms with Crippen molar-refractivity contribution in [1.29, 1.82) is 0 Å². The molecular formula is C18H24ClFN4O3. The lowest BCUT2D eigenvalue weighted by Crippen LogP contribution is -2.47. The van der Waals surface area contributed by atoms with Crippen LogP contribution in [-0.2, 0) is 15.1 Å². The molecule has 1 unspecified atom stereocenters. The summed E-state index contributed by atoms with van der Waals surface area (Å²) < 4.78 is 13.1. The molecule has 1 aliphatic heterocycles. The predicted octanol–water partition coefficient (Wildman–Crippen LogP) is 1.40. The van der Waals surface area contributed by atoms with Crippen molar-refractivity contribution < 1.29 is 18.8 Å². The second-order valence-electron chi connectivity index (χ2n) is 7.13.